The average Bonchev–Trinajstić information content (AvgIpc) is 3.05. The summed E-state index contributed by atoms with van der Waals surface area (Å²) >= 11 is 6.05. The number of aromatic nitrogens is 1. The minimum Gasteiger partial charge on any atom is -0.395 e. The van der Waals surface area contributed by atoms with Crippen LogP contribution < -0.4 is 0 Å². The van der Waals surface area contributed by atoms with Gasteiger partial charge in [-0.05, 0) is 25.3 Å². The fraction of sp³-hybridized carbons (Fsp3) is 0.667. The van der Waals surface area contributed by atoms with E-state index in [0.29, 0.717) is 17.3 Å². The first-order chi connectivity index (χ1) is 9.67. The molecule has 0 aromatic carbocycles. The number of aryl methyl sites for hydroxylation is 1. The Labute approximate surface area is 125 Å². The molecule has 0 aliphatic heterocycles. The zero-order valence-electron chi connectivity index (χ0n) is 12.0. The molecule has 1 fully saturated rings. The van der Waals surface area contributed by atoms with Crippen molar-refractivity contribution in [3.63, 3.8) is 0 Å². The summed E-state index contributed by atoms with van der Waals surface area (Å²) < 4.78 is 1.92. The van der Waals surface area contributed by atoms with Crippen LogP contribution in [0.2, 0.25) is 5.02 Å². The van der Waals surface area contributed by atoms with Crippen LogP contribution >= 0.6 is 11.6 Å². The molecular weight excluding hydrogens is 276 g/mol. The lowest BCUT2D eigenvalue weighted by atomic mass is 10.2. The highest BCUT2D eigenvalue weighted by Gasteiger charge is 2.28. The van der Waals surface area contributed by atoms with Gasteiger partial charge in [0.15, 0.2) is 0 Å². The van der Waals surface area contributed by atoms with E-state index in [9.17, 15) is 9.90 Å². The molecule has 1 amide bonds. The van der Waals surface area contributed by atoms with Gasteiger partial charge in [-0.1, -0.05) is 31.4 Å². The van der Waals surface area contributed by atoms with Crippen LogP contribution in [0.25, 0.3) is 0 Å². The summed E-state index contributed by atoms with van der Waals surface area (Å²) in [5.74, 6) is -0.00806. The van der Waals surface area contributed by atoms with E-state index < -0.39 is 0 Å². The highest BCUT2D eigenvalue weighted by molar-refractivity contribution is 6.31. The minimum atomic E-state index is -0.00806. The van der Waals surface area contributed by atoms with Crippen molar-refractivity contribution >= 4 is 17.5 Å². The zero-order valence-corrected chi connectivity index (χ0v) is 12.8. The van der Waals surface area contributed by atoms with E-state index in [1.165, 1.54) is 0 Å². The number of amides is 1. The first-order valence-corrected chi connectivity index (χ1v) is 7.82. The molecule has 1 N–H and O–H groups in total. The molecule has 1 heterocycles. The third kappa shape index (κ3) is 3.36. The van der Waals surface area contributed by atoms with E-state index in [0.717, 1.165) is 38.6 Å². The van der Waals surface area contributed by atoms with Crippen molar-refractivity contribution in [2.24, 2.45) is 0 Å². The molecule has 1 aliphatic carbocycles. The first kappa shape index (κ1) is 15.4. The van der Waals surface area contributed by atoms with E-state index in [1.807, 2.05) is 15.7 Å². The molecule has 112 valence electrons. The predicted molar refractivity (Wildman–Crippen MR) is 80.1 cm³/mol. The van der Waals surface area contributed by atoms with Crippen LogP contribution in [0.5, 0.6) is 0 Å². The molecule has 0 unspecified atom stereocenters. The molecule has 1 saturated carbocycles. The second-order valence-corrected chi connectivity index (χ2v) is 5.83. The maximum atomic E-state index is 12.8. The number of rotatable bonds is 6. The van der Waals surface area contributed by atoms with Gasteiger partial charge >= 0.3 is 0 Å². The van der Waals surface area contributed by atoms with E-state index >= 15 is 0 Å². The molecule has 0 spiro atoms. The average molecular weight is 299 g/mol. The molecule has 1 aromatic rings. The first-order valence-electron chi connectivity index (χ1n) is 7.45. The smallest absolute Gasteiger partial charge is 0.270 e. The van der Waals surface area contributed by atoms with Gasteiger partial charge in [-0.2, -0.15) is 0 Å². The SMILES string of the molecule is CCCn1cc(Cl)cc1C(=O)N(CCO)C1CCCC1. The van der Waals surface area contributed by atoms with E-state index in [2.05, 4.69) is 6.92 Å². The quantitative estimate of drug-likeness (QED) is 0.877. The van der Waals surface area contributed by atoms with Gasteiger partial charge in [-0.3, -0.25) is 4.79 Å². The van der Waals surface area contributed by atoms with E-state index in [1.54, 1.807) is 6.07 Å². The maximum Gasteiger partial charge on any atom is 0.270 e. The largest absolute Gasteiger partial charge is 0.395 e. The van der Waals surface area contributed by atoms with Crippen LogP contribution in [0.15, 0.2) is 12.3 Å². The molecule has 1 aromatic heterocycles. The van der Waals surface area contributed by atoms with Gasteiger partial charge in [0, 0.05) is 25.3 Å². The summed E-state index contributed by atoms with van der Waals surface area (Å²) in [5.41, 5.74) is 0.636. The van der Waals surface area contributed by atoms with Gasteiger partial charge < -0.3 is 14.6 Å². The van der Waals surface area contributed by atoms with Crippen LogP contribution in [-0.2, 0) is 6.54 Å². The summed E-state index contributed by atoms with van der Waals surface area (Å²) in [4.78, 5) is 14.6. The second kappa shape index (κ2) is 7.14. The molecule has 20 heavy (non-hydrogen) atoms. The van der Waals surface area contributed by atoms with Crippen LogP contribution in [0, 0.1) is 0 Å². The van der Waals surface area contributed by atoms with Gasteiger partial charge in [-0.25, -0.2) is 0 Å². The predicted octanol–water partition coefficient (Wildman–Crippen LogP) is 2.93. The summed E-state index contributed by atoms with van der Waals surface area (Å²) in [6.45, 7) is 3.26. The number of halogens is 1. The molecule has 5 heteroatoms. The normalized spacial score (nSPS) is 15.8. The minimum absolute atomic E-state index is 0.00442. The van der Waals surface area contributed by atoms with Gasteiger partial charge in [0.1, 0.15) is 5.69 Å². The molecule has 4 nitrogen and oxygen atoms in total. The highest BCUT2D eigenvalue weighted by atomic mass is 35.5. The van der Waals surface area contributed by atoms with Gasteiger partial charge in [-0.15, -0.1) is 0 Å². The van der Waals surface area contributed by atoms with Gasteiger partial charge in [0.05, 0.1) is 11.6 Å². The molecular formula is C15H23ClN2O2. The summed E-state index contributed by atoms with van der Waals surface area (Å²) in [6.07, 6.45) is 7.16. The lowest BCUT2D eigenvalue weighted by Crippen LogP contribution is -2.41. The van der Waals surface area contributed by atoms with Crippen LogP contribution in [0.4, 0.5) is 0 Å². The fourth-order valence-corrected chi connectivity index (χ4v) is 3.22. The molecule has 0 bridgehead atoms. The van der Waals surface area contributed by atoms with Crippen LogP contribution in [0.3, 0.4) is 0 Å². The Balaban J connectivity index is 2.21. The Bertz CT molecular complexity index is 453. The Morgan fingerprint density at radius 3 is 2.80 bits per heavy atom. The van der Waals surface area contributed by atoms with Crippen molar-refractivity contribution in [2.75, 3.05) is 13.2 Å². The molecule has 1 aliphatic rings. The van der Waals surface area contributed by atoms with Crippen molar-refractivity contribution in [2.45, 2.75) is 51.6 Å². The van der Waals surface area contributed by atoms with Crippen molar-refractivity contribution in [3.05, 3.63) is 23.0 Å². The molecule has 2 rings (SSSR count). The Morgan fingerprint density at radius 2 is 2.20 bits per heavy atom. The summed E-state index contributed by atoms with van der Waals surface area (Å²) in [7, 11) is 0. The molecule has 0 saturated heterocycles. The molecule has 0 atom stereocenters. The maximum absolute atomic E-state index is 12.8. The Morgan fingerprint density at radius 1 is 1.50 bits per heavy atom. The summed E-state index contributed by atoms with van der Waals surface area (Å²) in [5, 5.41) is 9.84. The zero-order chi connectivity index (χ0) is 14.5. The van der Waals surface area contributed by atoms with E-state index in [4.69, 9.17) is 11.6 Å². The monoisotopic (exact) mass is 298 g/mol. The third-order valence-corrected chi connectivity index (χ3v) is 4.12. The van der Waals surface area contributed by atoms with Crippen LogP contribution in [0.1, 0.15) is 49.5 Å². The van der Waals surface area contributed by atoms with Crippen molar-refractivity contribution < 1.29 is 9.90 Å². The Hall–Kier alpha value is -1.00. The van der Waals surface area contributed by atoms with Gasteiger partial charge in [0.25, 0.3) is 5.91 Å². The number of hydrogen-bond acceptors (Lipinski definition) is 2. The lowest BCUT2D eigenvalue weighted by Gasteiger charge is -2.28. The highest BCUT2D eigenvalue weighted by Crippen LogP contribution is 2.26. The standard InChI is InChI=1S/C15H23ClN2O2/c1-2-7-17-11-12(16)10-14(17)15(20)18(8-9-19)13-5-3-4-6-13/h10-11,13,19H,2-9H2,1H3. The summed E-state index contributed by atoms with van der Waals surface area (Å²) in [6, 6.07) is 2.00. The van der Waals surface area contributed by atoms with Crippen molar-refractivity contribution in [3.8, 4) is 0 Å². The van der Waals surface area contributed by atoms with Crippen molar-refractivity contribution in [1.82, 2.24) is 9.47 Å². The third-order valence-electron chi connectivity index (χ3n) is 3.91. The number of aliphatic hydroxyl groups excluding tert-OH is 1. The number of carbonyl (C=O) groups excluding carboxylic acids is 1. The fourth-order valence-electron chi connectivity index (χ4n) is 3.00. The topological polar surface area (TPSA) is 45.5 Å². The second-order valence-electron chi connectivity index (χ2n) is 5.40. The number of carbonyl (C=O) groups is 1. The van der Waals surface area contributed by atoms with Gasteiger partial charge in [0.2, 0.25) is 0 Å². The van der Waals surface area contributed by atoms with E-state index in [-0.39, 0.29) is 18.6 Å². The number of hydrogen-bond donors (Lipinski definition) is 1. The lowest BCUT2D eigenvalue weighted by molar-refractivity contribution is 0.0627. The number of nitrogens with zero attached hydrogens (tertiary/aromatic N) is 2. The van der Waals surface area contributed by atoms with Crippen LogP contribution in [-0.4, -0.2) is 39.7 Å². The Kier molecular flexibility index (Phi) is 5.49. The molecule has 0 radical (unpaired) electrons. The van der Waals surface area contributed by atoms with Crippen molar-refractivity contribution in [1.29, 1.82) is 0 Å². The number of aliphatic hydroxyl groups is 1.